The number of hydrogen-bond donors (Lipinski definition) is 1. The van der Waals surface area contributed by atoms with E-state index in [9.17, 15) is 0 Å². The van der Waals surface area contributed by atoms with Crippen LogP contribution in [0.2, 0.25) is 0 Å². The van der Waals surface area contributed by atoms with Crippen molar-refractivity contribution < 1.29 is 0 Å². The first-order chi connectivity index (χ1) is 8.52. The summed E-state index contributed by atoms with van der Waals surface area (Å²) in [6.45, 7) is 10.3. The lowest BCUT2D eigenvalue weighted by atomic mass is 9.80. The van der Waals surface area contributed by atoms with E-state index in [-0.39, 0.29) is 5.41 Å². The van der Waals surface area contributed by atoms with Gasteiger partial charge in [0.05, 0.1) is 0 Å². The molecule has 0 bridgehead atoms. The second-order valence-corrected chi connectivity index (χ2v) is 6.56. The molecule has 18 heavy (non-hydrogen) atoms. The Morgan fingerprint density at radius 2 is 2.06 bits per heavy atom. The Morgan fingerprint density at radius 1 is 1.28 bits per heavy atom. The normalized spacial score (nSPS) is 19.7. The van der Waals surface area contributed by atoms with Gasteiger partial charge in [0.1, 0.15) is 0 Å². The number of rotatable bonds is 3. The molecule has 1 aromatic carbocycles. The van der Waals surface area contributed by atoms with Gasteiger partial charge in [0.2, 0.25) is 0 Å². The predicted molar refractivity (Wildman–Crippen MR) is 79.1 cm³/mol. The lowest BCUT2D eigenvalue weighted by Crippen LogP contribution is -2.26. The minimum absolute atomic E-state index is 0.252. The smallest absolute Gasteiger partial charge is 0.0323 e. The van der Waals surface area contributed by atoms with Crippen LogP contribution in [0.5, 0.6) is 0 Å². The van der Waals surface area contributed by atoms with Crippen molar-refractivity contribution in [2.45, 2.75) is 64.8 Å². The molecule has 1 unspecified atom stereocenters. The van der Waals surface area contributed by atoms with Crippen LogP contribution in [-0.2, 0) is 11.8 Å². The Labute approximate surface area is 112 Å². The van der Waals surface area contributed by atoms with Gasteiger partial charge in [0.15, 0.2) is 0 Å². The second-order valence-electron chi connectivity index (χ2n) is 6.56. The molecule has 1 N–H and O–H groups in total. The van der Waals surface area contributed by atoms with Crippen molar-refractivity contribution in [2.75, 3.05) is 6.54 Å². The molecule has 1 heteroatoms. The van der Waals surface area contributed by atoms with Gasteiger partial charge in [-0.2, -0.15) is 0 Å². The highest BCUT2D eigenvalue weighted by molar-refractivity contribution is 5.38. The molecule has 2 rings (SSSR count). The van der Waals surface area contributed by atoms with Crippen molar-refractivity contribution >= 4 is 0 Å². The van der Waals surface area contributed by atoms with Crippen LogP contribution in [0.15, 0.2) is 18.2 Å². The van der Waals surface area contributed by atoms with Gasteiger partial charge in [-0.3, -0.25) is 0 Å². The highest BCUT2D eigenvalue weighted by Crippen LogP contribution is 2.33. The molecule has 1 aliphatic rings. The van der Waals surface area contributed by atoms with Crippen LogP contribution in [0.3, 0.4) is 0 Å². The van der Waals surface area contributed by atoms with E-state index in [1.165, 1.54) is 31.2 Å². The average Bonchev–Trinajstić information content (AvgIpc) is 2.34. The van der Waals surface area contributed by atoms with E-state index in [0.29, 0.717) is 6.04 Å². The van der Waals surface area contributed by atoms with E-state index >= 15 is 0 Å². The molecule has 1 aliphatic carbocycles. The highest BCUT2D eigenvalue weighted by Gasteiger charge is 2.22. The number of aryl methyl sites for hydroxylation is 1. The van der Waals surface area contributed by atoms with Crippen molar-refractivity contribution in [1.29, 1.82) is 0 Å². The molecule has 1 nitrogen and oxygen atoms in total. The quantitative estimate of drug-likeness (QED) is 0.834. The molecule has 0 aliphatic heterocycles. The zero-order valence-electron chi connectivity index (χ0n) is 12.3. The molecule has 0 saturated heterocycles. The summed E-state index contributed by atoms with van der Waals surface area (Å²) in [5.41, 5.74) is 4.83. The molecule has 0 radical (unpaired) electrons. The number of benzene rings is 1. The molecule has 0 amide bonds. The maximum Gasteiger partial charge on any atom is 0.0323 e. The van der Waals surface area contributed by atoms with Gasteiger partial charge >= 0.3 is 0 Å². The van der Waals surface area contributed by atoms with Crippen molar-refractivity contribution in [2.24, 2.45) is 0 Å². The standard InChI is InChI=1S/C17H27N/c1-5-11-18-16-8-6-7-13-9-10-14(12-15(13)16)17(2,3)4/h9-10,12,16,18H,5-8,11H2,1-4H3. The van der Waals surface area contributed by atoms with Crippen LogP contribution in [0.1, 0.15) is 69.7 Å². The average molecular weight is 245 g/mol. The van der Waals surface area contributed by atoms with E-state index < -0.39 is 0 Å². The number of hydrogen-bond acceptors (Lipinski definition) is 1. The highest BCUT2D eigenvalue weighted by atomic mass is 14.9. The third kappa shape index (κ3) is 2.95. The van der Waals surface area contributed by atoms with Crippen LogP contribution < -0.4 is 5.32 Å². The van der Waals surface area contributed by atoms with Crippen LogP contribution in [0, 0.1) is 0 Å². The maximum absolute atomic E-state index is 3.71. The Morgan fingerprint density at radius 3 is 2.72 bits per heavy atom. The first kappa shape index (κ1) is 13.6. The van der Waals surface area contributed by atoms with Crippen LogP contribution in [-0.4, -0.2) is 6.54 Å². The van der Waals surface area contributed by atoms with Crippen molar-refractivity contribution in [3.8, 4) is 0 Å². The molecule has 100 valence electrons. The number of nitrogens with one attached hydrogen (secondary N) is 1. The van der Waals surface area contributed by atoms with Gasteiger partial charge in [-0.15, -0.1) is 0 Å². The fraction of sp³-hybridized carbons (Fsp3) is 0.647. The fourth-order valence-electron chi connectivity index (χ4n) is 2.80. The summed E-state index contributed by atoms with van der Waals surface area (Å²) in [4.78, 5) is 0. The third-order valence-electron chi connectivity index (χ3n) is 3.97. The van der Waals surface area contributed by atoms with E-state index in [1.807, 2.05) is 0 Å². The molecule has 1 atom stereocenters. The predicted octanol–water partition coefficient (Wildman–Crippen LogP) is 4.36. The summed E-state index contributed by atoms with van der Waals surface area (Å²) >= 11 is 0. The maximum atomic E-state index is 3.71. The minimum atomic E-state index is 0.252. The Bertz CT molecular complexity index is 401. The van der Waals surface area contributed by atoms with Gasteiger partial charge in [-0.1, -0.05) is 45.9 Å². The Balaban J connectivity index is 2.29. The largest absolute Gasteiger partial charge is 0.310 e. The Hall–Kier alpha value is -0.820. The van der Waals surface area contributed by atoms with E-state index in [4.69, 9.17) is 0 Å². The second kappa shape index (κ2) is 5.44. The summed E-state index contributed by atoms with van der Waals surface area (Å²) in [5, 5.41) is 3.71. The fourth-order valence-corrected chi connectivity index (χ4v) is 2.80. The first-order valence-corrected chi connectivity index (χ1v) is 7.39. The Kier molecular flexibility index (Phi) is 4.11. The summed E-state index contributed by atoms with van der Waals surface area (Å²) in [6.07, 6.45) is 5.08. The third-order valence-corrected chi connectivity index (χ3v) is 3.97. The summed E-state index contributed by atoms with van der Waals surface area (Å²) in [7, 11) is 0. The lowest BCUT2D eigenvalue weighted by molar-refractivity contribution is 0.458. The summed E-state index contributed by atoms with van der Waals surface area (Å²) in [6, 6.07) is 7.70. The van der Waals surface area contributed by atoms with Crippen molar-refractivity contribution in [3.05, 3.63) is 34.9 Å². The van der Waals surface area contributed by atoms with Gasteiger partial charge in [0, 0.05) is 6.04 Å². The topological polar surface area (TPSA) is 12.0 Å². The van der Waals surface area contributed by atoms with Crippen LogP contribution in [0.4, 0.5) is 0 Å². The van der Waals surface area contributed by atoms with Crippen LogP contribution >= 0.6 is 0 Å². The summed E-state index contributed by atoms with van der Waals surface area (Å²) in [5.74, 6) is 0. The molecule has 0 aromatic heterocycles. The zero-order valence-corrected chi connectivity index (χ0v) is 12.3. The SMILES string of the molecule is CCCNC1CCCc2ccc(C(C)(C)C)cc21. The molecule has 0 saturated carbocycles. The van der Waals surface area contributed by atoms with Crippen LogP contribution in [0.25, 0.3) is 0 Å². The molecule has 1 aromatic rings. The minimum Gasteiger partial charge on any atom is -0.310 e. The van der Waals surface area contributed by atoms with E-state index in [0.717, 1.165) is 6.54 Å². The monoisotopic (exact) mass is 245 g/mol. The zero-order chi connectivity index (χ0) is 13.2. The molecular formula is C17H27N. The summed E-state index contributed by atoms with van der Waals surface area (Å²) < 4.78 is 0. The molecular weight excluding hydrogens is 218 g/mol. The molecule has 0 fully saturated rings. The van der Waals surface area contributed by atoms with Gasteiger partial charge in [-0.05, 0) is 54.3 Å². The molecule has 0 spiro atoms. The lowest BCUT2D eigenvalue weighted by Gasteiger charge is -2.29. The van der Waals surface area contributed by atoms with Crippen molar-refractivity contribution in [1.82, 2.24) is 5.32 Å². The number of fused-ring (bicyclic) bond motifs is 1. The van der Waals surface area contributed by atoms with E-state index in [1.54, 1.807) is 11.1 Å². The van der Waals surface area contributed by atoms with Gasteiger partial charge < -0.3 is 5.32 Å². The van der Waals surface area contributed by atoms with Crippen molar-refractivity contribution in [3.63, 3.8) is 0 Å². The van der Waals surface area contributed by atoms with E-state index in [2.05, 4.69) is 51.2 Å². The van der Waals surface area contributed by atoms with Gasteiger partial charge in [-0.25, -0.2) is 0 Å². The first-order valence-electron chi connectivity index (χ1n) is 7.39. The van der Waals surface area contributed by atoms with Gasteiger partial charge in [0.25, 0.3) is 0 Å². The molecule has 0 heterocycles.